The van der Waals surface area contributed by atoms with Crippen molar-refractivity contribution in [2.75, 3.05) is 20.7 Å². The Labute approximate surface area is 139 Å². The lowest BCUT2D eigenvalue weighted by Gasteiger charge is -2.29. The van der Waals surface area contributed by atoms with Crippen LogP contribution in [0.15, 0.2) is 6.07 Å². The summed E-state index contributed by atoms with van der Waals surface area (Å²) in [7, 11) is -3.71. The Morgan fingerprint density at radius 1 is 1.12 bits per heavy atom. The zero-order chi connectivity index (χ0) is 19.2. The lowest BCUT2D eigenvalue weighted by atomic mass is 9.95. The van der Waals surface area contributed by atoms with Crippen LogP contribution in [0.5, 0.6) is 11.5 Å². The summed E-state index contributed by atoms with van der Waals surface area (Å²) in [5, 5.41) is 0. The van der Waals surface area contributed by atoms with Gasteiger partial charge < -0.3 is 13.8 Å². The number of hydrogen-bond acceptors (Lipinski definition) is 5. The first-order valence-corrected chi connectivity index (χ1v) is 8.18. The van der Waals surface area contributed by atoms with E-state index in [4.69, 9.17) is 4.74 Å². The van der Waals surface area contributed by atoms with Crippen LogP contribution in [0.3, 0.4) is 0 Å². The van der Waals surface area contributed by atoms with Crippen LogP contribution < -0.4 is 8.92 Å². The Morgan fingerprint density at radius 3 is 2.20 bits per heavy atom. The summed E-state index contributed by atoms with van der Waals surface area (Å²) in [6.45, 7) is 0.501. The smallest absolute Gasteiger partial charge is 0.492 e. The van der Waals surface area contributed by atoms with Gasteiger partial charge in [0.1, 0.15) is 5.56 Å². The molecule has 1 aliphatic rings. The van der Waals surface area contributed by atoms with E-state index in [1.54, 1.807) is 11.9 Å². The SMILES string of the molecule is COc1c2c(cc(C(F)(F)F)c1OS(=O)(=O)C(F)(F)F)CN(C)CC2. The first-order valence-electron chi connectivity index (χ1n) is 6.77. The monoisotopic (exact) mass is 393 g/mol. The van der Waals surface area contributed by atoms with E-state index in [2.05, 4.69) is 4.18 Å². The summed E-state index contributed by atoms with van der Waals surface area (Å²) in [6, 6.07) is 0.592. The maximum atomic E-state index is 13.3. The molecule has 0 N–H and O–H groups in total. The minimum atomic E-state index is -6.29. The second kappa shape index (κ2) is 6.24. The highest BCUT2D eigenvalue weighted by Gasteiger charge is 2.50. The second-order valence-corrected chi connectivity index (χ2v) is 6.93. The maximum absolute atomic E-state index is 13.3. The predicted octanol–water partition coefficient (Wildman–Crippen LogP) is 2.93. The molecule has 0 spiro atoms. The third kappa shape index (κ3) is 3.78. The van der Waals surface area contributed by atoms with Crippen LogP contribution in [0.25, 0.3) is 0 Å². The highest BCUT2D eigenvalue weighted by atomic mass is 32.2. The molecule has 12 heteroatoms. The van der Waals surface area contributed by atoms with E-state index < -0.39 is 38.9 Å². The molecule has 0 amide bonds. The van der Waals surface area contributed by atoms with Crippen molar-refractivity contribution in [3.8, 4) is 11.5 Å². The van der Waals surface area contributed by atoms with Crippen molar-refractivity contribution < 1.29 is 43.7 Å². The Hall–Kier alpha value is -1.69. The van der Waals surface area contributed by atoms with Crippen LogP contribution in [0, 0.1) is 0 Å². The minimum absolute atomic E-state index is 0.0983. The second-order valence-electron chi connectivity index (χ2n) is 5.39. The van der Waals surface area contributed by atoms with Crippen molar-refractivity contribution in [1.29, 1.82) is 0 Å². The Bertz CT molecular complexity index is 772. The van der Waals surface area contributed by atoms with Crippen molar-refractivity contribution in [3.05, 3.63) is 22.8 Å². The molecule has 0 atom stereocenters. The summed E-state index contributed by atoms with van der Waals surface area (Å²) in [6.07, 6.45) is -4.98. The van der Waals surface area contributed by atoms with Crippen LogP contribution in [0.1, 0.15) is 16.7 Å². The van der Waals surface area contributed by atoms with Gasteiger partial charge >= 0.3 is 21.8 Å². The number of ether oxygens (including phenoxy) is 1. The molecule has 1 aromatic rings. The molecular formula is C13H13F6NO4S. The molecule has 0 saturated carbocycles. The highest BCUT2D eigenvalue weighted by Crippen LogP contribution is 2.47. The molecule has 5 nitrogen and oxygen atoms in total. The van der Waals surface area contributed by atoms with Gasteiger partial charge in [0.25, 0.3) is 0 Å². The number of alkyl halides is 6. The number of likely N-dealkylation sites (N-methyl/N-ethyl adjacent to an activating group) is 1. The van der Waals surface area contributed by atoms with E-state index in [-0.39, 0.29) is 24.1 Å². The molecule has 1 heterocycles. The van der Waals surface area contributed by atoms with E-state index in [0.29, 0.717) is 12.6 Å². The van der Waals surface area contributed by atoms with Crippen LogP contribution in [-0.4, -0.2) is 39.5 Å². The summed E-state index contributed by atoms with van der Waals surface area (Å²) in [5.41, 5.74) is -7.17. The molecule has 25 heavy (non-hydrogen) atoms. The molecule has 0 bridgehead atoms. The molecule has 0 fully saturated rings. The summed E-state index contributed by atoms with van der Waals surface area (Å²) in [5.74, 6) is -2.17. The lowest BCUT2D eigenvalue weighted by molar-refractivity contribution is -0.138. The fraction of sp³-hybridized carbons (Fsp3) is 0.538. The topological polar surface area (TPSA) is 55.8 Å². The third-order valence-corrected chi connectivity index (χ3v) is 4.55. The number of benzene rings is 1. The average Bonchev–Trinajstić information content (AvgIpc) is 2.44. The highest BCUT2D eigenvalue weighted by molar-refractivity contribution is 7.88. The first kappa shape index (κ1) is 19.6. The van der Waals surface area contributed by atoms with E-state index in [9.17, 15) is 34.8 Å². The molecular weight excluding hydrogens is 380 g/mol. The van der Waals surface area contributed by atoms with Gasteiger partial charge in [0.2, 0.25) is 0 Å². The molecule has 1 aliphatic heterocycles. The van der Waals surface area contributed by atoms with E-state index >= 15 is 0 Å². The first-order chi connectivity index (χ1) is 11.3. The van der Waals surface area contributed by atoms with Gasteiger partial charge in [-0.2, -0.15) is 34.8 Å². The van der Waals surface area contributed by atoms with Gasteiger partial charge in [-0.05, 0) is 25.1 Å². The summed E-state index contributed by atoms with van der Waals surface area (Å²) in [4.78, 5) is 1.70. The zero-order valence-corrected chi connectivity index (χ0v) is 13.8. The van der Waals surface area contributed by atoms with Gasteiger partial charge in [-0.15, -0.1) is 0 Å². The van der Waals surface area contributed by atoms with Crippen molar-refractivity contribution >= 4 is 10.1 Å². The molecule has 2 rings (SSSR count). The van der Waals surface area contributed by atoms with Gasteiger partial charge in [-0.25, -0.2) is 0 Å². The van der Waals surface area contributed by atoms with Gasteiger partial charge in [0.15, 0.2) is 11.5 Å². The van der Waals surface area contributed by atoms with Gasteiger partial charge in [-0.3, -0.25) is 0 Å². The van der Waals surface area contributed by atoms with Gasteiger partial charge in [-0.1, -0.05) is 0 Å². The van der Waals surface area contributed by atoms with Gasteiger partial charge in [0, 0.05) is 18.7 Å². The standard InChI is InChI=1S/C13H13F6NO4S/c1-20-4-3-8-7(6-20)5-9(12(14,15)16)11(10(8)23-2)24-25(21,22)13(17,18)19/h5H,3-4,6H2,1-2H3. The van der Waals surface area contributed by atoms with Crippen molar-refractivity contribution in [2.45, 2.75) is 24.7 Å². The average molecular weight is 393 g/mol. The normalized spacial score (nSPS) is 16.5. The zero-order valence-electron chi connectivity index (χ0n) is 13.0. The van der Waals surface area contributed by atoms with Crippen LogP contribution in [0.2, 0.25) is 0 Å². The Morgan fingerprint density at radius 2 is 1.72 bits per heavy atom. The number of methoxy groups -OCH3 is 1. The Kier molecular flexibility index (Phi) is 4.90. The lowest BCUT2D eigenvalue weighted by Crippen LogP contribution is -2.31. The maximum Gasteiger partial charge on any atom is 0.534 e. The van der Waals surface area contributed by atoms with Crippen molar-refractivity contribution in [3.63, 3.8) is 0 Å². The fourth-order valence-electron chi connectivity index (χ4n) is 2.49. The molecule has 0 aliphatic carbocycles. The van der Waals surface area contributed by atoms with Crippen molar-refractivity contribution in [2.24, 2.45) is 0 Å². The molecule has 0 radical (unpaired) electrons. The Balaban J connectivity index is 2.73. The van der Waals surface area contributed by atoms with Crippen LogP contribution >= 0.6 is 0 Å². The number of hydrogen-bond donors (Lipinski definition) is 0. The number of nitrogens with zero attached hydrogens (tertiary/aromatic N) is 1. The molecule has 0 unspecified atom stereocenters. The van der Waals surface area contributed by atoms with Gasteiger partial charge in [0.05, 0.1) is 7.11 Å². The molecule has 0 saturated heterocycles. The number of halogens is 6. The van der Waals surface area contributed by atoms with E-state index in [1.165, 1.54) is 0 Å². The third-order valence-electron chi connectivity index (χ3n) is 3.60. The number of fused-ring (bicyclic) bond motifs is 1. The quantitative estimate of drug-likeness (QED) is 0.449. The fourth-order valence-corrected chi connectivity index (χ4v) is 2.97. The largest absolute Gasteiger partial charge is 0.534 e. The van der Waals surface area contributed by atoms with Crippen LogP contribution in [-0.2, 0) is 29.3 Å². The summed E-state index contributed by atoms with van der Waals surface area (Å²) >= 11 is 0. The van der Waals surface area contributed by atoms with E-state index in [0.717, 1.165) is 7.11 Å². The van der Waals surface area contributed by atoms with Crippen LogP contribution in [0.4, 0.5) is 26.3 Å². The van der Waals surface area contributed by atoms with E-state index in [1.807, 2.05) is 0 Å². The molecule has 0 aromatic heterocycles. The predicted molar refractivity (Wildman–Crippen MR) is 73.6 cm³/mol. The van der Waals surface area contributed by atoms with Crippen molar-refractivity contribution in [1.82, 2.24) is 4.90 Å². The molecule has 142 valence electrons. The minimum Gasteiger partial charge on any atom is -0.492 e. The summed E-state index contributed by atoms with van der Waals surface area (Å²) < 4.78 is 108. The molecule has 1 aromatic carbocycles. The number of rotatable bonds is 3.